The number of rotatable bonds is 6. The van der Waals surface area contributed by atoms with Gasteiger partial charge in [-0.15, -0.1) is 0 Å². The Bertz CT molecular complexity index is 560. The third-order valence-corrected chi connectivity index (χ3v) is 3.46. The number of aromatic nitrogens is 1. The number of nitrogens with zero attached hydrogens (tertiary/aromatic N) is 1. The molecule has 0 spiro atoms. The molecule has 0 aliphatic rings. The van der Waals surface area contributed by atoms with Crippen LogP contribution in [0.2, 0.25) is 5.02 Å². The van der Waals surface area contributed by atoms with E-state index in [0.29, 0.717) is 17.0 Å². The van der Waals surface area contributed by atoms with Gasteiger partial charge in [0.05, 0.1) is 16.8 Å². The highest BCUT2D eigenvalue weighted by Gasteiger charge is 2.17. The van der Waals surface area contributed by atoms with Gasteiger partial charge < -0.3 is 5.32 Å². The largest absolute Gasteiger partial charge is 0.308 e. The molecule has 0 aliphatic heterocycles. The highest BCUT2D eigenvalue weighted by molar-refractivity contribution is 6.31. The molecule has 2 aromatic rings. The number of pyridine rings is 1. The first kappa shape index (κ1) is 14.9. The van der Waals surface area contributed by atoms with Gasteiger partial charge in [0.25, 0.3) is 0 Å². The van der Waals surface area contributed by atoms with Gasteiger partial charge in [-0.1, -0.05) is 36.7 Å². The van der Waals surface area contributed by atoms with Crippen LogP contribution in [-0.4, -0.2) is 11.5 Å². The summed E-state index contributed by atoms with van der Waals surface area (Å²) in [5, 5.41) is 4.00. The fourth-order valence-electron chi connectivity index (χ4n) is 2.12. The Kier molecular flexibility index (Phi) is 5.50. The Morgan fingerprint density at radius 1 is 1.25 bits per heavy atom. The van der Waals surface area contributed by atoms with E-state index in [0.717, 1.165) is 18.7 Å². The number of hydrogen-bond acceptors (Lipinski definition) is 2. The fourth-order valence-corrected chi connectivity index (χ4v) is 2.38. The zero-order valence-electron chi connectivity index (χ0n) is 11.4. The van der Waals surface area contributed by atoms with Crippen molar-refractivity contribution in [2.75, 3.05) is 6.54 Å². The maximum Gasteiger partial charge on any atom is 0.126 e. The lowest BCUT2D eigenvalue weighted by atomic mass is 10.0. The van der Waals surface area contributed by atoms with E-state index >= 15 is 0 Å². The summed E-state index contributed by atoms with van der Waals surface area (Å²) in [6.07, 6.45) is 3.24. The van der Waals surface area contributed by atoms with Crippen molar-refractivity contribution >= 4 is 11.6 Å². The van der Waals surface area contributed by atoms with Crippen LogP contribution in [0, 0.1) is 5.82 Å². The Morgan fingerprint density at radius 3 is 2.75 bits per heavy atom. The molecular weight excluding hydrogens is 275 g/mol. The third kappa shape index (κ3) is 3.78. The number of hydrogen-bond donors (Lipinski definition) is 1. The molecule has 20 heavy (non-hydrogen) atoms. The normalized spacial score (nSPS) is 12.3. The SMILES string of the molecule is CCCNC(Cc1ccccc1F)c1ncccc1Cl. The highest BCUT2D eigenvalue weighted by Crippen LogP contribution is 2.24. The first-order valence-electron chi connectivity index (χ1n) is 6.79. The summed E-state index contributed by atoms with van der Waals surface area (Å²) in [7, 11) is 0. The molecule has 1 atom stereocenters. The maximum absolute atomic E-state index is 13.8. The fraction of sp³-hybridized carbons (Fsp3) is 0.312. The van der Waals surface area contributed by atoms with E-state index in [1.807, 2.05) is 12.1 Å². The van der Waals surface area contributed by atoms with Gasteiger partial charge in [0.15, 0.2) is 0 Å². The van der Waals surface area contributed by atoms with E-state index in [9.17, 15) is 4.39 Å². The van der Waals surface area contributed by atoms with Crippen molar-refractivity contribution in [2.45, 2.75) is 25.8 Å². The average Bonchev–Trinajstić information content (AvgIpc) is 2.46. The zero-order chi connectivity index (χ0) is 14.4. The summed E-state index contributed by atoms with van der Waals surface area (Å²) in [6, 6.07) is 10.3. The molecule has 1 unspecified atom stereocenters. The van der Waals surface area contributed by atoms with E-state index in [1.165, 1.54) is 6.07 Å². The minimum atomic E-state index is -0.192. The van der Waals surface area contributed by atoms with Crippen LogP contribution in [0.3, 0.4) is 0 Å². The van der Waals surface area contributed by atoms with Crippen molar-refractivity contribution in [3.63, 3.8) is 0 Å². The summed E-state index contributed by atoms with van der Waals surface area (Å²) in [6.45, 7) is 2.93. The Hall–Kier alpha value is -1.45. The lowest BCUT2D eigenvalue weighted by Crippen LogP contribution is -2.25. The van der Waals surface area contributed by atoms with Crippen molar-refractivity contribution in [3.05, 3.63) is 64.7 Å². The second-order valence-corrected chi connectivity index (χ2v) is 5.08. The Morgan fingerprint density at radius 2 is 2.05 bits per heavy atom. The second-order valence-electron chi connectivity index (χ2n) is 4.67. The van der Waals surface area contributed by atoms with Crippen molar-refractivity contribution in [1.82, 2.24) is 10.3 Å². The first-order valence-corrected chi connectivity index (χ1v) is 7.17. The van der Waals surface area contributed by atoms with Gasteiger partial charge in [0.1, 0.15) is 5.82 Å². The molecule has 0 aliphatic carbocycles. The highest BCUT2D eigenvalue weighted by atomic mass is 35.5. The van der Waals surface area contributed by atoms with Crippen LogP contribution in [0.15, 0.2) is 42.6 Å². The minimum Gasteiger partial charge on any atom is -0.308 e. The van der Waals surface area contributed by atoms with Crippen molar-refractivity contribution in [1.29, 1.82) is 0 Å². The van der Waals surface area contributed by atoms with Crippen LogP contribution in [0.4, 0.5) is 4.39 Å². The summed E-state index contributed by atoms with van der Waals surface area (Å²) in [5.74, 6) is -0.192. The standard InChI is InChI=1S/C16H18ClFN2/c1-2-9-19-15(16-13(17)7-5-10-20-16)11-12-6-3-4-8-14(12)18/h3-8,10,15,19H,2,9,11H2,1H3. The summed E-state index contributed by atoms with van der Waals surface area (Å²) >= 11 is 6.21. The van der Waals surface area contributed by atoms with Crippen molar-refractivity contribution < 1.29 is 4.39 Å². The van der Waals surface area contributed by atoms with Gasteiger partial charge in [-0.25, -0.2) is 4.39 Å². The quantitative estimate of drug-likeness (QED) is 0.865. The van der Waals surface area contributed by atoms with E-state index < -0.39 is 0 Å². The van der Waals surface area contributed by atoms with Crippen LogP contribution in [-0.2, 0) is 6.42 Å². The number of halogens is 2. The van der Waals surface area contributed by atoms with Crippen LogP contribution in [0.5, 0.6) is 0 Å². The van der Waals surface area contributed by atoms with E-state index in [2.05, 4.69) is 17.2 Å². The molecule has 1 aromatic heterocycles. The molecule has 2 rings (SSSR count). The number of benzene rings is 1. The van der Waals surface area contributed by atoms with Gasteiger partial charge in [0.2, 0.25) is 0 Å². The summed E-state index contributed by atoms with van der Waals surface area (Å²) in [4.78, 5) is 4.34. The van der Waals surface area contributed by atoms with E-state index in [-0.39, 0.29) is 11.9 Å². The molecule has 1 heterocycles. The number of nitrogens with one attached hydrogen (secondary N) is 1. The predicted molar refractivity (Wildman–Crippen MR) is 80.4 cm³/mol. The second kappa shape index (κ2) is 7.36. The van der Waals surface area contributed by atoms with Gasteiger partial charge >= 0.3 is 0 Å². The third-order valence-electron chi connectivity index (χ3n) is 3.14. The van der Waals surface area contributed by atoms with Gasteiger partial charge in [0, 0.05) is 6.20 Å². The lowest BCUT2D eigenvalue weighted by Gasteiger charge is -2.19. The van der Waals surface area contributed by atoms with Gasteiger partial charge in [-0.2, -0.15) is 0 Å². The molecule has 0 radical (unpaired) electrons. The first-order chi connectivity index (χ1) is 9.72. The van der Waals surface area contributed by atoms with Crippen LogP contribution in [0.1, 0.15) is 30.6 Å². The topological polar surface area (TPSA) is 24.9 Å². The van der Waals surface area contributed by atoms with E-state index in [1.54, 1.807) is 24.4 Å². The molecule has 0 amide bonds. The smallest absolute Gasteiger partial charge is 0.126 e. The average molecular weight is 293 g/mol. The molecule has 0 saturated heterocycles. The molecule has 2 nitrogen and oxygen atoms in total. The van der Waals surface area contributed by atoms with Crippen molar-refractivity contribution in [2.24, 2.45) is 0 Å². The molecule has 1 aromatic carbocycles. The van der Waals surface area contributed by atoms with Crippen LogP contribution < -0.4 is 5.32 Å². The predicted octanol–water partition coefficient (Wildman–Crippen LogP) is 4.16. The van der Waals surface area contributed by atoms with Crippen LogP contribution >= 0.6 is 11.6 Å². The minimum absolute atomic E-state index is 0.0828. The monoisotopic (exact) mass is 292 g/mol. The molecule has 0 saturated carbocycles. The van der Waals surface area contributed by atoms with E-state index in [4.69, 9.17) is 11.6 Å². The van der Waals surface area contributed by atoms with Gasteiger partial charge in [-0.3, -0.25) is 4.98 Å². The van der Waals surface area contributed by atoms with Gasteiger partial charge in [-0.05, 0) is 43.1 Å². The zero-order valence-corrected chi connectivity index (χ0v) is 12.2. The molecular formula is C16H18ClFN2. The Labute approximate surface area is 124 Å². The maximum atomic E-state index is 13.8. The molecule has 4 heteroatoms. The van der Waals surface area contributed by atoms with Crippen LogP contribution in [0.25, 0.3) is 0 Å². The molecule has 0 bridgehead atoms. The summed E-state index contributed by atoms with van der Waals surface area (Å²) < 4.78 is 13.8. The molecule has 106 valence electrons. The lowest BCUT2D eigenvalue weighted by molar-refractivity contribution is 0.503. The van der Waals surface area contributed by atoms with Crippen molar-refractivity contribution in [3.8, 4) is 0 Å². The Balaban J connectivity index is 2.24. The summed E-state index contributed by atoms with van der Waals surface area (Å²) in [5.41, 5.74) is 1.44. The molecule has 0 fully saturated rings. The molecule has 1 N–H and O–H groups in total.